The van der Waals surface area contributed by atoms with Crippen molar-refractivity contribution in [3.63, 3.8) is 0 Å². The summed E-state index contributed by atoms with van der Waals surface area (Å²) in [6.45, 7) is 2.24. The molecule has 1 N–H and O–H groups in total. The van der Waals surface area contributed by atoms with Crippen LogP contribution in [0.15, 0.2) is 48.5 Å². The predicted molar refractivity (Wildman–Crippen MR) is 77.2 cm³/mol. The quantitative estimate of drug-likeness (QED) is 0.900. The van der Waals surface area contributed by atoms with Crippen LogP contribution in [0.1, 0.15) is 36.1 Å². The van der Waals surface area contributed by atoms with E-state index in [1.165, 1.54) is 0 Å². The molecular weight excluding hydrogens is 250 g/mol. The van der Waals surface area contributed by atoms with E-state index >= 15 is 0 Å². The van der Waals surface area contributed by atoms with Gasteiger partial charge in [-0.1, -0.05) is 43.3 Å². The molecule has 0 aliphatic carbocycles. The fraction of sp³-hybridized carbons (Fsp3) is 0.235. The summed E-state index contributed by atoms with van der Waals surface area (Å²) in [4.78, 5) is 0. The summed E-state index contributed by atoms with van der Waals surface area (Å²) in [6.07, 6.45) is 0.104. The maximum Gasteiger partial charge on any atom is 0.125 e. The predicted octanol–water partition coefficient (Wildman–Crippen LogP) is 3.58. The number of benzene rings is 2. The molecule has 2 aromatic rings. The van der Waals surface area contributed by atoms with Crippen molar-refractivity contribution in [2.24, 2.45) is 0 Å². The Hall–Kier alpha value is -2.31. The van der Waals surface area contributed by atoms with Gasteiger partial charge < -0.3 is 9.84 Å². The van der Waals surface area contributed by atoms with E-state index in [0.29, 0.717) is 24.3 Å². The van der Waals surface area contributed by atoms with E-state index in [1.54, 1.807) is 6.07 Å². The molecule has 0 fully saturated rings. The number of aliphatic hydroxyl groups is 1. The molecule has 0 aromatic heterocycles. The molecular formula is C17H17NO2. The number of hydrogen-bond acceptors (Lipinski definition) is 3. The second kappa shape index (κ2) is 6.74. The molecule has 0 saturated carbocycles. The third kappa shape index (κ3) is 3.17. The van der Waals surface area contributed by atoms with Gasteiger partial charge in [0.25, 0.3) is 0 Å². The molecule has 2 aromatic carbocycles. The topological polar surface area (TPSA) is 53.2 Å². The maximum atomic E-state index is 9.98. The lowest BCUT2D eigenvalue weighted by Crippen LogP contribution is -2.03. The lowest BCUT2D eigenvalue weighted by Gasteiger charge is -2.15. The Labute approximate surface area is 119 Å². The summed E-state index contributed by atoms with van der Waals surface area (Å²) >= 11 is 0. The molecule has 1 atom stereocenters. The molecule has 0 aliphatic rings. The molecule has 0 saturated heterocycles. The Bertz CT molecular complexity index is 616. The number of rotatable bonds is 5. The molecule has 0 heterocycles. The van der Waals surface area contributed by atoms with Crippen LogP contribution in [-0.4, -0.2) is 5.11 Å². The zero-order valence-electron chi connectivity index (χ0n) is 11.4. The maximum absolute atomic E-state index is 9.98. The lowest BCUT2D eigenvalue weighted by molar-refractivity contribution is 0.166. The fourth-order valence-electron chi connectivity index (χ4n) is 2.02. The number of nitrogens with zero attached hydrogens (tertiary/aromatic N) is 1. The molecule has 1 unspecified atom stereocenters. The van der Waals surface area contributed by atoms with Gasteiger partial charge >= 0.3 is 0 Å². The zero-order valence-corrected chi connectivity index (χ0v) is 11.4. The van der Waals surface area contributed by atoms with Gasteiger partial charge in [-0.25, -0.2) is 0 Å². The monoisotopic (exact) mass is 267 g/mol. The average Bonchev–Trinajstić information content (AvgIpc) is 2.52. The van der Waals surface area contributed by atoms with Gasteiger partial charge in [-0.2, -0.15) is 5.26 Å². The van der Waals surface area contributed by atoms with E-state index in [4.69, 9.17) is 10.00 Å². The van der Waals surface area contributed by atoms with Crippen molar-refractivity contribution in [3.8, 4) is 11.8 Å². The van der Waals surface area contributed by atoms with Gasteiger partial charge in [-0.05, 0) is 18.6 Å². The summed E-state index contributed by atoms with van der Waals surface area (Å²) in [7, 11) is 0. The number of hydrogen-bond donors (Lipinski definition) is 1. The standard InChI is InChI=1S/C17H17NO2/c1-2-16(19)15-9-5-6-10-17(15)20-12-14-8-4-3-7-13(14)11-18/h3-10,16,19H,2,12H2,1H3. The summed E-state index contributed by atoms with van der Waals surface area (Å²) in [6, 6.07) is 17.0. The van der Waals surface area contributed by atoms with Crippen molar-refractivity contribution in [1.29, 1.82) is 5.26 Å². The number of nitriles is 1. The van der Waals surface area contributed by atoms with Crippen LogP contribution in [0, 0.1) is 11.3 Å². The highest BCUT2D eigenvalue weighted by Gasteiger charge is 2.11. The second-order valence-corrected chi connectivity index (χ2v) is 4.52. The molecule has 0 bridgehead atoms. The Morgan fingerprint density at radius 2 is 1.85 bits per heavy atom. The first kappa shape index (κ1) is 14.1. The molecule has 0 aliphatic heterocycles. The normalized spacial score (nSPS) is 11.7. The fourth-order valence-corrected chi connectivity index (χ4v) is 2.02. The average molecular weight is 267 g/mol. The van der Waals surface area contributed by atoms with Crippen molar-refractivity contribution >= 4 is 0 Å². The van der Waals surface area contributed by atoms with E-state index in [1.807, 2.05) is 49.4 Å². The van der Waals surface area contributed by atoms with Crippen molar-refractivity contribution in [2.45, 2.75) is 26.1 Å². The lowest BCUT2D eigenvalue weighted by atomic mass is 10.1. The minimum Gasteiger partial charge on any atom is -0.488 e. The molecule has 0 radical (unpaired) electrons. The van der Waals surface area contributed by atoms with Crippen molar-refractivity contribution < 1.29 is 9.84 Å². The van der Waals surface area contributed by atoms with E-state index in [0.717, 1.165) is 11.1 Å². The first-order valence-corrected chi connectivity index (χ1v) is 6.64. The van der Waals surface area contributed by atoms with Crippen LogP contribution >= 0.6 is 0 Å². The Kier molecular flexibility index (Phi) is 4.75. The Balaban J connectivity index is 2.17. The van der Waals surface area contributed by atoms with E-state index in [2.05, 4.69) is 6.07 Å². The largest absolute Gasteiger partial charge is 0.488 e. The molecule has 0 spiro atoms. The number of para-hydroxylation sites is 1. The molecule has 20 heavy (non-hydrogen) atoms. The van der Waals surface area contributed by atoms with Gasteiger partial charge in [0.05, 0.1) is 17.7 Å². The molecule has 3 nitrogen and oxygen atoms in total. The van der Waals surface area contributed by atoms with Crippen molar-refractivity contribution in [2.75, 3.05) is 0 Å². The Morgan fingerprint density at radius 3 is 2.60 bits per heavy atom. The summed E-state index contributed by atoms with van der Waals surface area (Å²) < 4.78 is 5.78. The van der Waals surface area contributed by atoms with Crippen LogP contribution in [0.25, 0.3) is 0 Å². The molecule has 102 valence electrons. The second-order valence-electron chi connectivity index (χ2n) is 4.52. The van der Waals surface area contributed by atoms with Gasteiger partial charge in [0, 0.05) is 11.1 Å². The first-order chi connectivity index (χ1) is 9.76. The summed E-state index contributed by atoms with van der Waals surface area (Å²) in [5.74, 6) is 0.662. The number of aliphatic hydroxyl groups excluding tert-OH is 1. The first-order valence-electron chi connectivity index (χ1n) is 6.64. The van der Waals surface area contributed by atoms with E-state index < -0.39 is 6.10 Å². The number of ether oxygens (including phenoxy) is 1. The highest BCUT2D eigenvalue weighted by molar-refractivity contribution is 5.38. The summed E-state index contributed by atoms with van der Waals surface area (Å²) in [5.41, 5.74) is 2.24. The van der Waals surface area contributed by atoms with Crippen LogP contribution < -0.4 is 4.74 Å². The summed E-state index contributed by atoms with van der Waals surface area (Å²) in [5, 5.41) is 19.0. The Morgan fingerprint density at radius 1 is 1.15 bits per heavy atom. The minimum absolute atomic E-state index is 0.317. The third-order valence-corrected chi connectivity index (χ3v) is 3.19. The smallest absolute Gasteiger partial charge is 0.125 e. The molecule has 0 amide bonds. The SMILES string of the molecule is CCC(O)c1ccccc1OCc1ccccc1C#N. The van der Waals surface area contributed by atoms with Gasteiger partial charge in [0.1, 0.15) is 12.4 Å². The van der Waals surface area contributed by atoms with Gasteiger partial charge in [0.15, 0.2) is 0 Å². The van der Waals surface area contributed by atoms with Crippen LogP contribution in [-0.2, 0) is 6.61 Å². The van der Waals surface area contributed by atoms with Crippen LogP contribution in [0.3, 0.4) is 0 Å². The third-order valence-electron chi connectivity index (χ3n) is 3.19. The van der Waals surface area contributed by atoms with Crippen LogP contribution in [0.5, 0.6) is 5.75 Å². The highest BCUT2D eigenvalue weighted by Crippen LogP contribution is 2.27. The van der Waals surface area contributed by atoms with Crippen molar-refractivity contribution in [1.82, 2.24) is 0 Å². The van der Waals surface area contributed by atoms with Crippen LogP contribution in [0.2, 0.25) is 0 Å². The zero-order chi connectivity index (χ0) is 14.4. The van der Waals surface area contributed by atoms with Gasteiger partial charge in [-0.15, -0.1) is 0 Å². The van der Waals surface area contributed by atoms with Crippen molar-refractivity contribution in [3.05, 3.63) is 65.2 Å². The van der Waals surface area contributed by atoms with E-state index in [-0.39, 0.29) is 0 Å². The van der Waals surface area contributed by atoms with Crippen LogP contribution in [0.4, 0.5) is 0 Å². The van der Waals surface area contributed by atoms with Gasteiger partial charge in [-0.3, -0.25) is 0 Å². The minimum atomic E-state index is -0.530. The van der Waals surface area contributed by atoms with Gasteiger partial charge in [0.2, 0.25) is 0 Å². The molecule has 2 rings (SSSR count). The highest BCUT2D eigenvalue weighted by atomic mass is 16.5. The van der Waals surface area contributed by atoms with E-state index in [9.17, 15) is 5.11 Å². The molecule has 3 heteroatoms.